The molecule has 1 atom stereocenters. The molecule has 5 nitrogen and oxygen atoms in total. The predicted octanol–water partition coefficient (Wildman–Crippen LogP) is 3.68. The Morgan fingerprint density at radius 2 is 2.07 bits per heavy atom. The lowest BCUT2D eigenvalue weighted by Crippen LogP contribution is -2.40. The van der Waals surface area contributed by atoms with Gasteiger partial charge in [0.25, 0.3) is 0 Å². The molecule has 0 amide bonds. The molecule has 0 radical (unpaired) electrons. The highest BCUT2D eigenvalue weighted by molar-refractivity contribution is 14.0. The highest BCUT2D eigenvalue weighted by atomic mass is 127. The van der Waals surface area contributed by atoms with Crippen LogP contribution in [0.25, 0.3) is 0 Å². The maximum atomic E-state index is 13.0. The van der Waals surface area contributed by atoms with E-state index in [0.717, 1.165) is 36.1 Å². The van der Waals surface area contributed by atoms with Crippen molar-refractivity contribution in [2.45, 2.75) is 25.9 Å². The van der Waals surface area contributed by atoms with Gasteiger partial charge in [-0.05, 0) is 36.5 Å². The molecule has 0 saturated carbocycles. The molecule has 3 rings (SSSR count). The van der Waals surface area contributed by atoms with Crippen LogP contribution in [0.3, 0.4) is 0 Å². The molecular weight excluding hydrogens is 470 g/mol. The maximum Gasteiger partial charge on any atom is 0.319 e. The summed E-state index contributed by atoms with van der Waals surface area (Å²) in [6, 6.07) is 6.59. The Kier molecular flexibility index (Phi) is 7.93. The number of hydrogen-bond donors (Lipinski definition) is 1. The van der Waals surface area contributed by atoms with Crippen LogP contribution in [0.1, 0.15) is 24.4 Å². The maximum absolute atomic E-state index is 13.0. The van der Waals surface area contributed by atoms with E-state index in [-0.39, 0.29) is 42.2 Å². The van der Waals surface area contributed by atoms with Gasteiger partial charge in [-0.3, -0.25) is 9.56 Å². The summed E-state index contributed by atoms with van der Waals surface area (Å²) in [5.74, 6) is 1.16. The highest BCUT2D eigenvalue weighted by Crippen LogP contribution is 2.21. The number of alkyl halides is 2. The van der Waals surface area contributed by atoms with Crippen LogP contribution in [0.2, 0.25) is 0 Å². The Morgan fingerprint density at radius 3 is 2.74 bits per heavy atom. The minimum atomic E-state index is -2.61. The van der Waals surface area contributed by atoms with Gasteiger partial charge in [-0.2, -0.15) is 8.78 Å². The van der Waals surface area contributed by atoms with Crippen molar-refractivity contribution in [3.05, 3.63) is 53.9 Å². The lowest BCUT2D eigenvalue weighted by Gasteiger charge is -2.22. The molecule has 27 heavy (non-hydrogen) atoms. The van der Waals surface area contributed by atoms with E-state index in [9.17, 15) is 13.2 Å². The summed E-state index contributed by atoms with van der Waals surface area (Å²) in [7, 11) is 1.68. The van der Waals surface area contributed by atoms with Crippen LogP contribution in [-0.4, -0.2) is 40.5 Å². The topological polar surface area (TPSA) is 45.5 Å². The molecular formula is C18H23F3IN5. The van der Waals surface area contributed by atoms with Crippen LogP contribution >= 0.6 is 24.0 Å². The quantitative estimate of drug-likeness (QED) is 0.393. The van der Waals surface area contributed by atoms with E-state index in [1.807, 2.05) is 12.1 Å². The fourth-order valence-corrected chi connectivity index (χ4v) is 3.29. The van der Waals surface area contributed by atoms with Gasteiger partial charge in [0.15, 0.2) is 5.96 Å². The molecule has 9 heteroatoms. The summed E-state index contributed by atoms with van der Waals surface area (Å²) in [5.41, 5.74) is 1.11. The van der Waals surface area contributed by atoms with Crippen LogP contribution in [0.5, 0.6) is 0 Å². The number of benzene rings is 1. The van der Waals surface area contributed by atoms with Crippen molar-refractivity contribution in [1.82, 2.24) is 19.8 Å². The van der Waals surface area contributed by atoms with Crippen LogP contribution in [0, 0.1) is 11.7 Å². The van der Waals surface area contributed by atoms with Gasteiger partial charge in [-0.15, -0.1) is 24.0 Å². The Morgan fingerprint density at radius 1 is 1.33 bits per heavy atom. The largest absolute Gasteiger partial charge is 0.349 e. The third kappa shape index (κ3) is 5.60. The Balaban J connectivity index is 0.00000261. The second-order valence-corrected chi connectivity index (χ2v) is 6.36. The van der Waals surface area contributed by atoms with Gasteiger partial charge >= 0.3 is 6.55 Å². The molecule has 1 aromatic carbocycles. The summed E-state index contributed by atoms with van der Waals surface area (Å²) >= 11 is 0. The first kappa shape index (κ1) is 21.5. The number of nitrogens with zero attached hydrogens (tertiary/aromatic N) is 4. The number of halogens is 4. The Labute approximate surface area is 173 Å². The minimum Gasteiger partial charge on any atom is -0.349 e. The first-order chi connectivity index (χ1) is 12.6. The molecule has 1 aliphatic rings. The van der Waals surface area contributed by atoms with Gasteiger partial charge < -0.3 is 10.2 Å². The standard InChI is InChI=1S/C18H22F3N5.HI/c1-22-18(24-11-16-23-7-9-26(16)17(20)21)25-8-6-14(12-25)10-13-2-4-15(19)5-3-13;/h2-5,7,9,14,17H,6,8,10-12H2,1H3,(H,22,24);1H. The summed E-state index contributed by atoms with van der Waals surface area (Å²) < 4.78 is 39.6. The average Bonchev–Trinajstić information content (AvgIpc) is 3.27. The third-order valence-electron chi connectivity index (χ3n) is 4.60. The number of nitrogens with one attached hydrogen (secondary N) is 1. The normalized spacial score (nSPS) is 17.3. The first-order valence-corrected chi connectivity index (χ1v) is 8.56. The van der Waals surface area contributed by atoms with Crippen molar-refractivity contribution >= 4 is 29.9 Å². The smallest absolute Gasteiger partial charge is 0.319 e. The summed E-state index contributed by atoms with van der Waals surface area (Å²) in [6.07, 6.45) is 4.51. The zero-order valence-electron chi connectivity index (χ0n) is 15.0. The highest BCUT2D eigenvalue weighted by Gasteiger charge is 2.25. The number of aliphatic imine (C=N–C) groups is 1. The summed E-state index contributed by atoms with van der Waals surface area (Å²) in [4.78, 5) is 10.3. The van der Waals surface area contributed by atoms with E-state index >= 15 is 0 Å². The zero-order chi connectivity index (χ0) is 18.5. The van der Waals surface area contributed by atoms with Gasteiger partial charge in [0.05, 0.1) is 6.54 Å². The van der Waals surface area contributed by atoms with Crippen molar-refractivity contribution in [3.8, 4) is 0 Å². The second kappa shape index (κ2) is 9.95. The van der Waals surface area contributed by atoms with E-state index in [2.05, 4.69) is 20.2 Å². The Bertz CT molecular complexity index is 748. The SMILES string of the molecule is CN=C(NCc1nccn1C(F)F)N1CCC(Cc2ccc(F)cc2)C1.I. The van der Waals surface area contributed by atoms with Crippen LogP contribution in [0.4, 0.5) is 13.2 Å². The van der Waals surface area contributed by atoms with Crippen molar-refractivity contribution in [2.75, 3.05) is 20.1 Å². The summed E-state index contributed by atoms with van der Waals surface area (Å²) in [6.45, 7) is -0.763. The number of likely N-dealkylation sites (tertiary alicyclic amines) is 1. The molecule has 1 unspecified atom stereocenters. The van der Waals surface area contributed by atoms with Gasteiger partial charge in [-0.1, -0.05) is 12.1 Å². The molecule has 1 aromatic heterocycles. The predicted molar refractivity (Wildman–Crippen MR) is 109 cm³/mol. The van der Waals surface area contributed by atoms with E-state index in [1.165, 1.54) is 24.5 Å². The average molecular weight is 493 g/mol. The number of hydrogen-bond acceptors (Lipinski definition) is 2. The van der Waals surface area contributed by atoms with Gasteiger partial charge in [-0.25, -0.2) is 9.37 Å². The van der Waals surface area contributed by atoms with Crippen LogP contribution in [0.15, 0.2) is 41.7 Å². The van der Waals surface area contributed by atoms with Crippen molar-refractivity contribution < 1.29 is 13.2 Å². The number of guanidine groups is 1. The fourth-order valence-electron chi connectivity index (χ4n) is 3.29. The second-order valence-electron chi connectivity index (χ2n) is 6.36. The minimum absolute atomic E-state index is 0. The molecule has 148 valence electrons. The number of aromatic nitrogens is 2. The van der Waals surface area contributed by atoms with E-state index in [1.54, 1.807) is 7.05 Å². The van der Waals surface area contributed by atoms with Gasteiger partial charge in [0.2, 0.25) is 0 Å². The van der Waals surface area contributed by atoms with Gasteiger partial charge in [0, 0.05) is 32.5 Å². The monoisotopic (exact) mass is 493 g/mol. The number of rotatable bonds is 5. The molecule has 0 aliphatic carbocycles. The number of imidazole rings is 1. The van der Waals surface area contributed by atoms with E-state index < -0.39 is 6.55 Å². The van der Waals surface area contributed by atoms with Gasteiger partial charge in [0.1, 0.15) is 11.6 Å². The molecule has 1 aliphatic heterocycles. The fraction of sp³-hybridized carbons (Fsp3) is 0.444. The molecule has 2 aromatic rings. The first-order valence-electron chi connectivity index (χ1n) is 8.56. The van der Waals surface area contributed by atoms with Crippen LogP contribution < -0.4 is 5.32 Å². The van der Waals surface area contributed by atoms with Crippen molar-refractivity contribution in [2.24, 2.45) is 10.9 Å². The Hall–Kier alpha value is -1.78. The molecule has 1 fully saturated rings. The van der Waals surface area contributed by atoms with Crippen molar-refractivity contribution in [3.63, 3.8) is 0 Å². The zero-order valence-corrected chi connectivity index (χ0v) is 17.3. The lowest BCUT2D eigenvalue weighted by molar-refractivity contribution is 0.0668. The molecule has 1 N–H and O–H groups in total. The molecule has 0 bridgehead atoms. The lowest BCUT2D eigenvalue weighted by atomic mass is 9.99. The molecule has 1 saturated heterocycles. The third-order valence-corrected chi connectivity index (χ3v) is 4.60. The van der Waals surface area contributed by atoms with E-state index in [0.29, 0.717) is 11.9 Å². The van der Waals surface area contributed by atoms with E-state index in [4.69, 9.17) is 0 Å². The van der Waals surface area contributed by atoms with Crippen molar-refractivity contribution in [1.29, 1.82) is 0 Å². The molecule has 0 spiro atoms. The summed E-state index contributed by atoms with van der Waals surface area (Å²) in [5, 5.41) is 3.11. The molecule has 2 heterocycles. The van der Waals surface area contributed by atoms with Crippen LogP contribution in [-0.2, 0) is 13.0 Å².